The summed E-state index contributed by atoms with van der Waals surface area (Å²) in [5.41, 5.74) is 0.861. The third kappa shape index (κ3) is 4.05. The second-order valence-corrected chi connectivity index (χ2v) is 11.5. The third-order valence-corrected chi connectivity index (χ3v) is 9.18. The number of fused-ring (bicyclic) bond motifs is 1. The van der Waals surface area contributed by atoms with E-state index in [-0.39, 0.29) is 11.9 Å². The van der Waals surface area contributed by atoms with Crippen LogP contribution in [0, 0.1) is 6.92 Å². The van der Waals surface area contributed by atoms with Gasteiger partial charge < -0.3 is 15.5 Å². The van der Waals surface area contributed by atoms with Crippen LogP contribution in [0.3, 0.4) is 0 Å². The van der Waals surface area contributed by atoms with Gasteiger partial charge in [-0.2, -0.15) is 9.29 Å². The zero-order chi connectivity index (χ0) is 22.3. The van der Waals surface area contributed by atoms with E-state index in [1.807, 2.05) is 36.2 Å². The number of carbonyl (C=O) groups excluding carboxylic acids is 1. The number of rotatable bonds is 5. The van der Waals surface area contributed by atoms with Crippen molar-refractivity contribution in [3.8, 4) is 0 Å². The summed E-state index contributed by atoms with van der Waals surface area (Å²) >= 11 is 1.30. The van der Waals surface area contributed by atoms with Crippen LogP contribution < -0.4 is 15.5 Å². The lowest BCUT2D eigenvalue weighted by Crippen LogP contribution is -2.49. The highest BCUT2D eigenvalue weighted by atomic mass is 32.2. The molecule has 3 aromatic rings. The van der Waals surface area contributed by atoms with E-state index in [2.05, 4.69) is 15.7 Å². The average Bonchev–Trinajstić information content (AvgIpc) is 3.45. The third-order valence-electron chi connectivity index (χ3n) is 5.82. The predicted molar refractivity (Wildman–Crippen MR) is 123 cm³/mol. The fourth-order valence-electron chi connectivity index (χ4n) is 4.02. The Morgan fingerprint density at radius 2 is 2.00 bits per heavy atom. The van der Waals surface area contributed by atoms with Gasteiger partial charge in [0.2, 0.25) is 11.9 Å². The lowest BCUT2D eigenvalue weighted by Gasteiger charge is -2.34. The molecule has 1 amide bonds. The molecule has 3 aromatic heterocycles. The van der Waals surface area contributed by atoms with Gasteiger partial charge in [-0.1, -0.05) is 0 Å². The molecule has 0 bridgehead atoms. The maximum atomic E-state index is 12.9. The first-order chi connectivity index (χ1) is 15.4. The van der Waals surface area contributed by atoms with Crippen molar-refractivity contribution in [2.24, 2.45) is 0 Å². The summed E-state index contributed by atoms with van der Waals surface area (Å²) in [5, 5.41) is 11.0. The summed E-state index contributed by atoms with van der Waals surface area (Å²) < 4.78 is 29.6. The van der Waals surface area contributed by atoms with Crippen molar-refractivity contribution in [1.29, 1.82) is 0 Å². The molecular weight excluding hydrogens is 450 g/mol. The number of piperazine rings is 1. The first-order valence-electron chi connectivity index (χ1n) is 10.6. The quantitative estimate of drug-likeness (QED) is 0.572. The maximum Gasteiger partial charge on any atom is 0.252 e. The molecule has 5 rings (SSSR count). The molecule has 0 radical (unpaired) electrons. The molecule has 0 spiro atoms. The van der Waals surface area contributed by atoms with E-state index in [9.17, 15) is 13.2 Å². The Bertz CT molecular complexity index is 1240. The normalized spacial score (nSPS) is 20.5. The highest BCUT2D eigenvalue weighted by molar-refractivity contribution is 7.91. The second kappa shape index (κ2) is 8.34. The summed E-state index contributed by atoms with van der Waals surface area (Å²) in [6, 6.07) is 7.47. The van der Waals surface area contributed by atoms with Gasteiger partial charge in [-0.05, 0) is 37.6 Å². The van der Waals surface area contributed by atoms with E-state index in [1.54, 1.807) is 10.6 Å². The molecule has 1 atom stereocenters. The Kier molecular flexibility index (Phi) is 5.51. The number of nitrogens with zero attached hydrogens (tertiary/aromatic N) is 5. The average molecular weight is 476 g/mol. The molecule has 2 aliphatic rings. The Hall–Kier alpha value is -2.70. The van der Waals surface area contributed by atoms with Gasteiger partial charge in [-0.3, -0.25) is 4.79 Å². The first-order valence-corrected chi connectivity index (χ1v) is 12.9. The number of thiophene rings is 1. The van der Waals surface area contributed by atoms with Crippen LogP contribution in [0.2, 0.25) is 0 Å². The Morgan fingerprint density at radius 3 is 2.69 bits per heavy atom. The number of carbonyl (C=O) groups is 1. The van der Waals surface area contributed by atoms with Crippen LogP contribution in [0.5, 0.6) is 0 Å². The van der Waals surface area contributed by atoms with Crippen molar-refractivity contribution in [2.75, 3.05) is 42.9 Å². The van der Waals surface area contributed by atoms with Crippen molar-refractivity contribution in [1.82, 2.24) is 24.2 Å². The van der Waals surface area contributed by atoms with Gasteiger partial charge in [0, 0.05) is 56.3 Å². The standard InChI is InChI=1S/C20H25N7O3S2/c1-14-4-7-18(31-14)32(29,30)26-11-9-25(10-12-26)20-23-19(16-3-2-8-27(16)24-20)22-15-5-6-17(28)21-13-15/h2-4,7-8,15H,5-6,9-13H2,1H3,(H,21,28)(H,22,23,24). The molecule has 2 N–H and O–H groups in total. The number of nitrogens with one attached hydrogen (secondary N) is 2. The molecule has 1 unspecified atom stereocenters. The van der Waals surface area contributed by atoms with Gasteiger partial charge in [0.25, 0.3) is 10.0 Å². The molecule has 5 heterocycles. The topological polar surface area (TPSA) is 112 Å². The smallest absolute Gasteiger partial charge is 0.252 e. The number of aromatic nitrogens is 3. The largest absolute Gasteiger partial charge is 0.364 e. The molecule has 2 saturated heterocycles. The minimum atomic E-state index is -3.47. The van der Waals surface area contributed by atoms with Crippen molar-refractivity contribution >= 4 is 44.6 Å². The van der Waals surface area contributed by atoms with Crippen LogP contribution in [-0.2, 0) is 14.8 Å². The summed E-state index contributed by atoms with van der Waals surface area (Å²) in [4.78, 5) is 19.2. The molecule has 2 fully saturated rings. The summed E-state index contributed by atoms with van der Waals surface area (Å²) in [5.74, 6) is 1.34. The van der Waals surface area contributed by atoms with Gasteiger partial charge >= 0.3 is 0 Å². The zero-order valence-electron chi connectivity index (χ0n) is 17.7. The minimum absolute atomic E-state index is 0.0739. The number of anilines is 2. The number of aryl methyl sites for hydroxylation is 1. The van der Waals surface area contributed by atoms with Crippen molar-refractivity contribution in [2.45, 2.75) is 30.0 Å². The number of piperidine rings is 1. The SMILES string of the molecule is Cc1ccc(S(=O)(=O)N2CCN(c3nc(NC4CCC(=O)NC4)c4cccn4n3)CC2)s1. The number of amides is 1. The zero-order valence-corrected chi connectivity index (χ0v) is 19.3. The van der Waals surface area contributed by atoms with Crippen LogP contribution in [0.25, 0.3) is 5.52 Å². The van der Waals surface area contributed by atoms with Crippen LogP contribution in [0.1, 0.15) is 17.7 Å². The first kappa shape index (κ1) is 21.2. The van der Waals surface area contributed by atoms with E-state index in [4.69, 9.17) is 4.98 Å². The monoisotopic (exact) mass is 475 g/mol. The molecule has 0 aliphatic carbocycles. The van der Waals surface area contributed by atoms with E-state index in [1.165, 1.54) is 15.6 Å². The summed E-state index contributed by atoms with van der Waals surface area (Å²) in [7, 11) is -3.47. The molecule has 2 aliphatic heterocycles. The number of hydrogen-bond donors (Lipinski definition) is 2. The highest BCUT2D eigenvalue weighted by Crippen LogP contribution is 2.26. The predicted octanol–water partition coefficient (Wildman–Crippen LogP) is 1.30. The van der Waals surface area contributed by atoms with Crippen molar-refractivity contribution in [3.05, 3.63) is 35.3 Å². The molecule has 0 saturated carbocycles. The Morgan fingerprint density at radius 1 is 1.19 bits per heavy atom. The fourth-order valence-corrected chi connectivity index (χ4v) is 6.88. The molecule has 32 heavy (non-hydrogen) atoms. The van der Waals surface area contributed by atoms with Crippen LogP contribution >= 0.6 is 11.3 Å². The number of sulfonamides is 1. The molecule has 12 heteroatoms. The fraction of sp³-hybridized carbons (Fsp3) is 0.450. The van der Waals surface area contributed by atoms with E-state index in [0.717, 1.165) is 16.8 Å². The minimum Gasteiger partial charge on any atom is -0.364 e. The highest BCUT2D eigenvalue weighted by Gasteiger charge is 2.31. The molecule has 0 aromatic carbocycles. The van der Waals surface area contributed by atoms with E-state index >= 15 is 0 Å². The molecule has 10 nitrogen and oxygen atoms in total. The van der Waals surface area contributed by atoms with Crippen molar-refractivity contribution in [3.63, 3.8) is 0 Å². The lowest BCUT2D eigenvalue weighted by molar-refractivity contribution is -0.122. The number of hydrogen-bond acceptors (Lipinski definition) is 8. The van der Waals surface area contributed by atoms with Crippen molar-refractivity contribution < 1.29 is 13.2 Å². The van der Waals surface area contributed by atoms with E-state index < -0.39 is 10.0 Å². The van der Waals surface area contributed by atoms with Gasteiger partial charge in [0.05, 0.1) is 0 Å². The van der Waals surface area contributed by atoms with Gasteiger partial charge in [-0.15, -0.1) is 16.4 Å². The molecular formula is C20H25N7O3S2. The Balaban J connectivity index is 1.33. The van der Waals surface area contributed by atoms with Gasteiger partial charge in [-0.25, -0.2) is 12.9 Å². The summed E-state index contributed by atoms with van der Waals surface area (Å²) in [6.07, 6.45) is 3.11. The maximum absolute atomic E-state index is 12.9. The van der Waals surface area contributed by atoms with Gasteiger partial charge in [0.15, 0.2) is 5.82 Å². The van der Waals surface area contributed by atoms with Crippen LogP contribution in [-0.4, -0.2) is 72.0 Å². The second-order valence-electron chi connectivity index (χ2n) is 8.04. The van der Waals surface area contributed by atoms with Crippen LogP contribution in [0.4, 0.5) is 11.8 Å². The summed E-state index contributed by atoms with van der Waals surface area (Å²) in [6.45, 7) is 4.24. The molecule has 170 valence electrons. The van der Waals surface area contributed by atoms with E-state index in [0.29, 0.717) is 55.1 Å². The van der Waals surface area contributed by atoms with Crippen LogP contribution in [0.15, 0.2) is 34.7 Å². The Labute approximate surface area is 190 Å². The van der Waals surface area contributed by atoms with Gasteiger partial charge in [0.1, 0.15) is 9.73 Å². The lowest BCUT2D eigenvalue weighted by atomic mass is 10.1.